The van der Waals surface area contributed by atoms with Crippen molar-refractivity contribution in [3.05, 3.63) is 48.0 Å². The smallest absolute Gasteiger partial charge is 0.350 e. The van der Waals surface area contributed by atoms with Crippen molar-refractivity contribution in [2.45, 2.75) is 31.4 Å². The standard InChI is InChI=1S/C16H17NO4/c18-14-9-10-15(19)21-17-11-5-4-8-13(16(17)20-14)12-6-2-1-3-7-12/h1-3,6-7,9-10,13,16H,4-5,8,11H2/b10-9+. The zero-order valence-electron chi connectivity index (χ0n) is 11.6. The van der Waals surface area contributed by atoms with Crippen LogP contribution >= 0.6 is 0 Å². The number of carbonyl (C=O) groups excluding carboxylic acids is 2. The predicted molar refractivity (Wildman–Crippen MR) is 74.9 cm³/mol. The third kappa shape index (κ3) is 3.13. The molecule has 110 valence electrons. The first-order valence-corrected chi connectivity index (χ1v) is 7.16. The van der Waals surface area contributed by atoms with Crippen LogP contribution in [-0.4, -0.2) is 29.8 Å². The van der Waals surface area contributed by atoms with E-state index >= 15 is 0 Å². The number of benzene rings is 1. The van der Waals surface area contributed by atoms with Crippen molar-refractivity contribution in [2.24, 2.45) is 0 Å². The van der Waals surface area contributed by atoms with Gasteiger partial charge in [0.05, 0.1) is 0 Å². The molecule has 0 N–H and O–H groups in total. The Morgan fingerprint density at radius 2 is 1.76 bits per heavy atom. The lowest BCUT2D eigenvalue weighted by molar-refractivity contribution is -0.240. The molecule has 21 heavy (non-hydrogen) atoms. The summed E-state index contributed by atoms with van der Waals surface area (Å²) in [6, 6.07) is 9.89. The Morgan fingerprint density at radius 1 is 1.00 bits per heavy atom. The third-order valence-electron chi connectivity index (χ3n) is 3.80. The van der Waals surface area contributed by atoms with Gasteiger partial charge < -0.3 is 9.57 Å². The fourth-order valence-electron chi connectivity index (χ4n) is 2.81. The quantitative estimate of drug-likeness (QED) is 0.741. The average molecular weight is 287 g/mol. The lowest BCUT2D eigenvalue weighted by atomic mass is 9.93. The van der Waals surface area contributed by atoms with Crippen LogP contribution < -0.4 is 0 Å². The molecule has 0 spiro atoms. The van der Waals surface area contributed by atoms with Crippen molar-refractivity contribution in [3.8, 4) is 0 Å². The van der Waals surface area contributed by atoms with E-state index in [1.54, 1.807) is 0 Å². The summed E-state index contributed by atoms with van der Waals surface area (Å²) in [5.74, 6) is -1.05. The van der Waals surface area contributed by atoms with Gasteiger partial charge in [-0.3, -0.25) is 0 Å². The fraction of sp³-hybridized carbons (Fsp3) is 0.375. The number of hydrogen-bond donors (Lipinski definition) is 0. The topological polar surface area (TPSA) is 55.8 Å². The number of hydrogen-bond acceptors (Lipinski definition) is 5. The number of fused-ring (bicyclic) bond motifs is 1. The summed E-state index contributed by atoms with van der Waals surface area (Å²) in [6.07, 6.45) is 4.42. The summed E-state index contributed by atoms with van der Waals surface area (Å²) in [4.78, 5) is 28.7. The summed E-state index contributed by atoms with van der Waals surface area (Å²) >= 11 is 0. The minimum absolute atomic E-state index is 0.00282. The van der Waals surface area contributed by atoms with Crippen LogP contribution in [0.1, 0.15) is 30.7 Å². The summed E-state index contributed by atoms with van der Waals surface area (Å²) in [6.45, 7) is 0.570. The Labute approximate surface area is 123 Å². The first kappa shape index (κ1) is 13.8. The van der Waals surface area contributed by atoms with Gasteiger partial charge in [0.15, 0.2) is 6.23 Å². The summed E-state index contributed by atoms with van der Waals surface area (Å²) < 4.78 is 5.51. The van der Waals surface area contributed by atoms with E-state index in [1.165, 1.54) is 5.06 Å². The molecule has 2 unspecified atom stereocenters. The van der Waals surface area contributed by atoms with E-state index in [4.69, 9.17) is 9.57 Å². The van der Waals surface area contributed by atoms with Gasteiger partial charge in [-0.25, -0.2) is 9.59 Å². The second-order valence-electron chi connectivity index (χ2n) is 5.22. The molecule has 1 aromatic rings. The number of nitrogens with zero attached hydrogens (tertiary/aromatic N) is 1. The van der Waals surface area contributed by atoms with Crippen LogP contribution in [0, 0.1) is 0 Å². The van der Waals surface area contributed by atoms with E-state index in [1.807, 2.05) is 30.3 Å². The first-order valence-electron chi connectivity index (χ1n) is 7.16. The third-order valence-corrected chi connectivity index (χ3v) is 3.80. The van der Waals surface area contributed by atoms with Crippen molar-refractivity contribution in [3.63, 3.8) is 0 Å². The Balaban J connectivity index is 1.94. The van der Waals surface area contributed by atoms with Crippen LogP contribution in [0.4, 0.5) is 0 Å². The molecular weight excluding hydrogens is 270 g/mol. The highest BCUT2D eigenvalue weighted by molar-refractivity contribution is 5.92. The second kappa shape index (κ2) is 6.10. The maximum absolute atomic E-state index is 11.8. The molecule has 1 aromatic carbocycles. The molecule has 2 atom stereocenters. The normalized spacial score (nSPS) is 28.4. The predicted octanol–water partition coefficient (Wildman–Crippen LogP) is 2.15. The van der Waals surface area contributed by atoms with Crippen molar-refractivity contribution in [1.82, 2.24) is 5.06 Å². The summed E-state index contributed by atoms with van der Waals surface area (Å²) in [7, 11) is 0. The number of esters is 1. The molecule has 0 aromatic heterocycles. The minimum atomic E-state index is -0.573. The Morgan fingerprint density at radius 3 is 2.57 bits per heavy atom. The van der Waals surface area contributed by atoms with Gasteiger partial charge in [0.2, 0.25) is 0 Å². The largest absolute Gasteiger partial charge is 0.439 e. The molecular formula is C16H17NO4. The molecule has 0 bridgehead atoms. The van der Waals surface area contributed by atoms with Gasteiger partial charge >= 0.3 is 11.9 Å². The van der Waals surface area contributed by atoms with E-state index in [0.29, 0.717) is 6.54 Å². The number of hydroxylamine groups is 2. The fourth-order valence-corrected chi connectivity index (χ4v) is 2.81. The van der Waals surface area contributed by atoms with Gasteiger partial charge in [0.1, 0.15) is 0 Å². The maximum Gasteiger partial charge on any atom is 0.350 e. The van der Waals surface area contributed by atoms with Crippen LogP contribution in [-0.2, 0) is 19.2 Å². The highest BCUT2D eigenvalue weighted by atomic mass is 16.7. The number of ether oxygens (including phenoxy) is 1. The Kier molecular flexibility index (Phi) is 4.01. The van der Waals surface area contributed by atoms with Crippen LogP contribution in [0.2, 0.25) is 0 Å². The van der Waals surface area contributed by atoms with E-state index in [9.17, 15) is 9.59 Å². The SMILES string of the molecule is O=C1/C=C/C(=O)ON2CCCCC(c3ccccc3)C2O1. The van der Waals surface area contributed by atoms with E-state index in [-0.39, 0.29) is 5.92 Å². The lowest BCUT2D eigenvalue weighted by Gasteiger charge is -2.33. The molecule has 2 aliphatic rings. The minimum Gasteiger partial charge on any atom is -0.439 e. The second-order valence-corrected chi connectivity index (χ2v) is 5.22. The molecule has 0 aliphatic carbocycles. The molecule has 5 nitrogen and oxygen atoms in total. The number of carbonyl (C=O) groups is 2. The first-order chi connectivity index (χ1) is 10.2. The van der Waals surface area contributed by atoms with Crippen LogP contribution in [0.5, 0.6) is 0 Å². The number of rotatable bonds is 1. The van der Waals surface area contributed by atoms with Crippen molar-refractivity contribution in [1.29, 1.82) is 0 Å². The highest BCUT2D eigenvalue weighted by Gasteiger charge is 2.36. The molecule has 2 heterocycles. The molecule has 5 heteroatoms. The highest BCUT2D eigenvalue weighted by Crippen LogP contribution is 2.33. The average Bonchev–Trinajstić information content (AvgIpc) is 2.68. The summed E-state index contributed by atoms with van der Waals surface area (Å²) in [5, 5.41) is 1.51. The zero-order chi connectivity index (χ0) is 14.7. The van der Waals surface area contributed by atoms with Gasteiger partial charge in [-0.2, -0.15) is 0 Å². The molecule has 0 radical (unpaired) electrons. The van der Waals surface area contributed by atoms with E-state index in [0.717, 1.165) is 37.0 Å². The van der Waals surface area contributed by atoms with Crippen molar-refractivity contribution >= 4 is 11.9 Å². The van der Waals surface area contributed by atoms with Crippen LogP contribution in [0.25, 0.3) is 0 Å². The zero-order valence-corrected chi connectivity index (χ0v) is 11.6. The van der Waals surface area contributed by atoms with Gasteiger partial charge in [-0.15, -0.1) is 0 Å². The molecule has 3 rings (SSSR count). The monoisotopic (exact) mass is 287 g/mol. The van der Waals surface area contributed by atoms with Gasteiger partial charge in [0.25, 0.3) is 0 Å². The Hall–Kier alpha value is -2.14. The van der Waals surface area contributed by atoms with Crippen molar-refractivity contribution in [2.75, 3.05) is 6.54 Å². The molecule has 0 amide bonds. The molecule has 1 saturated heterocycles. The van der Waals surface area contributed by atoms with Crippen molar-refractivity contribution < 1.29 is 19.2 Å². The van der Waals surface area contributed by atoms with Crippen LogP contribution in [0.15, 0.2) is 42.5 Å². The Bertz CT molecular complexity index is 555. The van der Waals surface area contributed by atoms with Gasteiger partial charge in [0, 0.05) is 24.6 Å². The van der Waals surface area contributed by atoms with E-state index in [2.05, 4.69) is 0 Å². The summed E-state index contributed by atoms with van der Waals surface area (Å²) in [5.41, 5.74) is 1.09. The van der Waals surface area contributed by atoms with Gasteiger partial charge in [-0.1, -0.05) is 41.8 Å². The van der Waals surface area contributed by atoms with E-state index < -0.39 is 18.2 Å². The van der Waals surface area contributed by atoms with Gasteiger partial charge in [-0.05, 0) is 18.4 Å². The molecule has 1 fully saturated rings. The lowest BCUT2D eigenvalue weighted by Crippen LogP contribution is -2.44. The maximum atomic E-state index is 11.8. The van der Waals surface area contributed by atoms with Crippen LogP contribution in [0.3, 0.4) is 0 Å². The molecule has 0 saturated carbocycles. The molecule has 2 aliphatic heterocycles.